The Bertz CT molecular complexity index is 446. The molecule has 0 N–H and O–H groups in total. The molecular formula is C13H18NO3S. The minimum Gasteiger partial charge on any atom is -0.443 e. The van der Waals surface area contributed by atoms with Crippen LogP contribution >= 0.6 is 11.3 Å². The monoisotopic (exact) mass is 268 g/mol. The van der Waals surface area contributed by atoms with Crippen LogP contribution in [0.2, 0.25) is 0 Å². The minimum absolute atomic E-state index is 0.218. The van der Waals surface area contributed by atoms with Crippen LogP contribution in [-0.2, 0) is 4.74 Å². The molecule has 0 aromatic carbocycles. The van der Waals surface area contributed by atoms with Crippen LogP contribution in [0, 0.1) is 13.8 Å². The molecule has 1 amide bonds. The van der Waals surface area contributed by atoms with Gasteiger partial charge >= 0.3 is 6.09 Å². The lowest BCUT2D eigenvalue weighted by atomic mass is 10.2. The molecule has 0 bridgehead atoms. The van der Waals surface area contributed by atoms with Gasteiger partial charge in [-0.3, -0.25) is 9.69 Å². The Morgan fingerprint density at radius 2 is 2.17 bits per heavy atom. The largest absolute Gasteiger partial charge is 0.443 e. The minimum atomic E-state index is -0.571. The third kappa shape index (κ3) is 3.57. The van der Waals surface area contributed by atoms with Gasteiger partial charge < -0.3 is 4.74 Å². The van der Waals surface area contributed by atoms with Crippen LogP contribution in [-0.4, -0.2) is 24.5 Å². The molecule has 0 aliphatic heterocycles. The summed E-state index contributed by atoms with van der Waals surface area (Å²) in [7, 11) is 0. The van der Waals surface area contributed by atoms with Gasteiger partial charge in [0.15, 0.2) is 6.29 Å². The number of carbonyl (C=O) groups excluding carboxylic acids is 2. The second kappa shape index (κ2) is 5.52. The normalized spacial score (nSPS) is 11.2. The maximum Gasteiger partial charge on any atom is 0.415 e. The Hall–Kier alpha value is -1.36. The molecule has 4 nitrogen and oxygen atoms in total. The summed E-state index contributed by atoms with van der Waals surface area (Å²) in [5.41, 5.74) is -0.0787. The predicted octanol–water partition coefficient (Wildman–Crippen LogP) is 3.44. The average molecular weight is 268 g/mol. The first-order valence-electron chi connectivity index (χ1n) is 5.64. The van der Waals surface area contributed by atoms with Crippen molar-refractivity contribution in [2.45, 2.75) is 33.3 Å². The van der Waals surface area contributed by atoms with Crippen molar-refractivity contribution in [1.29, 1.82) is 0 Å². The van der Waals surface area contributed by atoms with Crippen LogP contribution in [0.4, 0.5) is 9.80 Å². The number of nitrogens with zero attached hydrogens (tertiary/aromatic N) is 1. The van der Waals surface area contributed by atoms with E-state index in [1.165, 1.54) is 16.2 Å². The molecule has 1 radical (unpaired) electrons. The Balaban J connectivity index is 3.02. The Morgan fingerprint density at radius 3 is 2.61 bits per heavy atom. The summed E-state index contributed by atoms with van der Waals surface area (Å²) in [6.07, 6.45) is 0.258. The number of hydrogen-bond acceptors (Lipinski definition) is 4. The lowest BCUT2D eigenvalue weighted by Crippen LogP contribution is -2.36. The van der Waals surface area contributed by atoms with Crippen molar-refractivity contribution in [2.75, 3.05) is 11.4 Å². The number of carbonyl (C=O) groups is 2. The maximum absolute atomic E-state index is 12.0. The highest BCUT2D eigenvalue weighted by Crippen LogP contribution is 2.31. The fourth-order valence-corrected chi connectivity index (χ4v) is 2.40. The fourth-order valence-electron chi connectivity index (χ4n) is 1.41. The van der Waals surface area contributed by atoms with E-state index in [9.17, 15) is 9.59 Å². The SMILES string of the molecule is [CH2]CN(C(=O)OC(C)(C)C)c1sc(C)cc1C=O. The van der Waals surface area contributed by atoms with Crippen LogP contribution in [0.25, 0.3) is 0 Å². The molecule has 0 unspecified atom stereocenters. The van der Waals surface area contributed by atoms with E-state index >= 15 is 0 Å². The van der Waals surface area contributed by atoms with Crippen molar-refractivity contribution in [3.05, 3.63) is 23.4 Å². The van der Waals surface area contributed by atoms with Crippen molar-refractivity contribution >= 4 is 28.7 Å². The van der Waals surface area contributed by atoms with E-state index in [0.717, 1.165) is 11.2 Å². The lowest BCUT2D eigenvalue weighted by molar-refractivity contribution is 0.0585. The van der Waals surface area contributed by atoms with E-state index < -0.39 is 11.7 Å². The van der Waals surface area contributed by atoms with Crippen LogP contribution in [0.1, 0.15) is 36.0 Å². The van der Waals surface area contributed by atoms with E-state index in [4.69, 9.17) is 4.74 Å². The number of amides is 1. The van der Waals surface area contributed by atoms with Crippen molar-refractivity contribution in [3.8, 4) is 0 Å². The van der Waals surface area contributed by atoms with E-state index in [-0.39, 0.29) is 6.54 Å². The Morgan fingerprint density at radius 1 is 1.56 bits per heavy atom. The number of hydrogen-bond donors (Lipinski definition) is 0. The highest BCUT2D eigenvalue weighted by molar-refractivity contribution is 7.16. The third-order valence-corrected chi connectivity index (χ3v) is 3.16. The fraction of sp³-hybridized carbons (Fsp3) is 0.462. The second-order valence-corrected chi connectivity index (χ2v) is 6.10. The summed E-state index contributed by atoms with van der Waals surface area (Å²) in [4.78, 5) is 25.3. The van der Waals surface area contributed by atoms with Gasteiger partial charge in [0, 0.05) is 17.0 Å². The molecule has 99 valence electrons. The molecule has 1 rings (SSSR count). The predicted molar refractivity (Wildman–Crippen MR) is 73.4 cm³/mol. The number of aldehydes is 1. The molecule has 0 atom stereocenters. The highest BCUT2D eigenvalue weighted by atomic mass is 32.1. The Labute approximate surface area is 112 Å². The van der Waals surface area contributed by atoms with Gasteiger partial charge in [-0.05, 0) is 40.7 Å². The van der Waals surface area contributed by atoms with Gasteiger partial charge in [0.25, 0.3) is 0 Å². The van der Waals surface area contributed by atoms with Crippen molar-refractivity contribution in [2.24, 2.45) is 0 Å². The first-order valence-corrected chi connectivity index (χ1v) is 6.45. The van der Waals surface area contributed by atoms with Gasteiger partial charge in [-0.1, -0.05) is 0 Å². The molecular weight excluding hydrogens is 250 g/mol. The first kappa shape index (κ1) is 14.7. The molecule has 18 heavy (non-hydrogen) atoms. The molecule has 5 heteroatoms. The molecule has 0 saturated carbocycles. The molecule has 1 heterocycles. The number of ether oxygens (including phenoxy) is 1. The molecule has 0 aliphatic rings. The van der Waals surface area contributed by atoms with Crippen LogP contribution in [0.3, 0.4) is 0 Å². The summed E-state index contributed by atoms with van der Waals surface area (Å²) in [5, 5.41) is 0.590. The van der Waals surface area contributed by atoms with Crippen molar-refractivity contribution in [3.63, 3.8) is 0 Å². The zero-order chi connectivity index (χ0) is 13.9. The summed E-state index contributed by atoms with van der Waals surface area (Å²) >= 11 is 1.38. The molecule has 1 aromatic heterocycles. The number of rotatable bonds is 3. The van der Waals surface area contributed by atoms with E-state index in [1.54, 1.807) is 26.8 Å². The van der Waals surface area contributed by atoms with Gasteiger partial charge in [-0.15, -0.1) is 11.3 Å². The topological polar surface area (TPSA) is 46.6 Å². The molecule has 0 saturated heterocycles. The standard InChI is InChI=1S/C13H18NO3S/c1-6-14(12(16)17-13(3,4)5)11-10(8-15)7-9(2)18-11/h7-8H,1,6H2,2-5H3. The summed E-state index contributed by atoms with van der Waals surface area (Å²) in [6, 6.07) is 1.75. The average Bonchev–Trinajstić information content (AvgIpc) is 2.58. The zero-order valence-electron chi connectivity index (χ0n) is 11.1. The summed E-state index contributed by atoms with van der Waals surface area (Å²) in [6.45, 7) is 11.2. The number of aryl methyl sites for hydroxylation is 1. The van der Waals surface area contributed by atoms with E-state index in [0.29, 0.717) is 10.6 Å². The van der Waals surface area contributed by atoms with Crippen molar-refractivity contribution in [1.82, 2.24) is 0 Å². The third-order valence-electron chi connectivity index (χ3n) is 2.07. The van der Waals surface area contributed by atoms with Gasteiger partial charge in [-0.2, -0.15) is 0 Å². The molecule has 0 spiro atoms. The molecule has 0 fully saturated rings. The quantitative estimate of drug-likeness (QED) is 0.789. The van der Waals surface area contributed by atoms with Gasteiger partial charge in [0.05, 0.1) is 0 Å². The van der Waals surface area contributed by atoms with Gasteiger partial charge in [0.1, 0.15) is 10.6 Å². The van der Waals surface area contributed by atoms with Crippen LogP contribution < -0.4 is 4.90 Å². The number of thiophene rings is 1. The lowest BCUT2D eigenvalue weighted by Gasteiger charge is -2.25. The van der Waals surface area contributed by atoms with Crippen LogP contribution in [0.15, 0.2) is 6.07 Å². The maximum atomic E-state index is 12.0. The van der Waals surface area contributed by atoms with Crippen molar-refractivity contribution < 1.29 is 14.3 Å². The summed E-state index contributed by atoms with van der Waals surface area (Å²) in [5.74, 6) is 0. The Kier molecular flexibility index (Phi) is 4.51. The number of anilines is 1. The van der Waals surface area contributed by atoms with E-state index in [2.05, 4.69) is 6.92 Å². The zero-order valence-corrected chi connectivity index (χ0v) is 12.0. The van der Waals surface area contributed by atoms with E-state index in [1.807, 2.05) is 6.92 Å². The van der Waals surface area contributed by atoms with Gasteiger partial charge in [0.2, 0.25) is 0 Å². The highest BCUT2D eigenvalue weighted by Gasteiger charge is 2.25. The van der Waals surface area contributed by atoms with Crippen LogP contribution in [0.5, 0.6) is 0 Å². The summed E-state index contributed by atoms with van der Waals surface area (Å²) < 4.78 is 5.29. The molecule has 0 aliphatic carbocycles. The van der Waals surface area contributed by atoms with Gasteiger partial charge in [-0.25, -0.2) is 4.79 Å². The second-order valence-electron chi connectivity index (χ2n) is 4.87. The molecule has 1 aromatic rings. The first-order chi connectivity index (χ1) is 8.28. The smallest absolute Gasteiger partial charge is 0.415 e.